The van der Waals surface area contributed by atoms with E-state index in [1.165, 1.54) is 11.0 Å². The molecule has 12 heteroatoms. The molecule has 5 aromatic carbocycles. The van der Waals surface area contributed by atoms with Gasteiger partial charge in [0.15, 0.2) is 0 Å². The molecule has 4 amide bonds. The van der Waals surface area contributed by atoms with Crippen LogP contribution in [0.3, 0.4) is 0 Å². The molecule has 9 rings (SSSR count). The maximum atomic E-state index is 15.5. The Labute approximate surface area is 345 Å². The second kappa shape index (κ2) is 14.4. The first-order valence-corrected chi connectivity index (χ1v) is 19.8. The lowest BCUT2D eigenvalue weighted by Gasteiger charge is -2.50. The van der Waals surface area contributed by atoms with E-state index in [9.17, 15) is 14.7 Å². The lowest BCUT2D eigenvalue weighted by Crippen LogP contribution is -2.53. The summed E-state index contributed by atoms with van der Waals surface area (Å²) in [6, 6.07) is 33.9. The summed E-state index contributed by atoms with van der Waals surface area (Å²) >= 11 is 12.8. The van der Waals surface area contributed by atoms with Crippen molar-refractivity contribution in [3.8, 4) is 11.5 Å². The molecule has 2 aliphatic carbocycles. The van der Waals surface area contributed by atoms with Gasteiger partial charge in [0, 0.05) is 22.3 Å². The molecule has 58 heavy (non-hydrogen) atoms. The van der Waals surface area contributed by atoms with E-state index in [4.69, 9.17) is 27.9 Å². The summed E-state index contributed by atoms with van der Waals surface area (Å²) in [4.78, 5) is 60.8. The Morgan fingerprint density at radius 3 is 2.21 bits per heavy atom. The number of anilines is 4. The maximum Gasteiger partial charge on any atom is 0.260 e. The van der Waals surface area contributed by atoms with Crippen molar-refractivity contribution in [1.29, 1.82) is 0 Å². The number of hydrazine groups is 1. The highest BCUT2D eigenvalue weighted by atomic mass is 35.5. The lowest BCUT2D eigenvalue weighted by atomic mass is 9.49. The number of methoxy groups -OCH3 is 1. The van der Waals surface area contributed by atoms with E-state index in [2.05, 4.69) is 10.7 Å². The zero-order chi connectivity index (χ0) is 40.5. The fourth-order valence-corrected chi connectivity index (χ4v) is 10.2. The Kier molecular flexibility index (Phi) is 9.29. The van der Waals surface area contributed by atoms with Crippen LogP contribution in [0.25, 0.3) is 0 Å². The molecular weight excluding hydrogens is 775 g/mol. The van der Waals surface area contributed by atoms with Crippen LogP contribution in [0.4, 0.5) is 22.7 Å². The molecule has 0 aromatic heterocycles. The van der Waals surface area contributed by atoms with E-state index < -0.39 is 46.8 Å². The van der Waals surface area contributed by atoms with Gasteiger partial charge >= 0.3 is 0 Å². The number of halogens is 2. The minimum absolute atomic E-state index is 0.0792. The number of aromatic hydroxyl groups is 1. The van der Waals surface area contributed by atoms with E-state index in [1.807, 2.05) is 66.7 Å². The van der Waals surface area contributed by atoms with Crippen molar-refractivity contribution in [3.05, 3.63) is 154 Å². The summed E-state index contributed by atoms with van der Waals surface area (Å²) in [6.07, 6.45) is 2.40. The van der Waals surface area contributed by atoms with E-state index in [0.29, 0.717) is 38.8 Å². The summed E-state index contributed by atoms with van der Waals surface area (Å²) < 4.78 is 5.49. The third-order valence-electron chi connectivity index (χ3n) is 12.3. The van der Waals surface area contributed by atoms with Crippen LogP contribution < -0.4 is 20.4 Å². The van der Waals surface area contributed by atoms with Crippen molar-refractivity contribution in [2.24, 2.45) is 23.7 Å². The molecule has 1 saturated carbocycles. The number of nitrogens with one attached hydrogen (secondary N) is 2. The van der Waals surface area contributed by atoms with Gasteiger partial charge in [-0.25, -0.2) is 0 Å². The summed E-state index contributed by atoms with van der Waals surface area (Å²) in [6.45, 7) is 1.78. The zero-order valence-electron chi connectivity index (χ0n) is 31.5. The topological polar surface area (TPSA) is 128 Å². The number of aryl methyl sites for hydroxylation is 1. The predicted molar refractivity (Wildman–Crippen MR) is 222 cm³/mol. The molecule has 3 fully saturated rings. The van der Waals surface area contributed by atoms with Gasteiger partial charge in [-0.2, -0.15) is 5.01 Å². The molecule has 0 bridgehead atoms. The highest BCUT2D eigenvalue weighted by Gasteiger charge is 2.70. The van der Waals surface area contributed by atoms with E-state index in [1.54, 1.807) is 62.6 Å². The van der Waals surface area contributed by atoms with Crippen molar-refractivity contribution in [3.63, 3.8) is 0 Å². The number of phenols is 1. The Hall–Kier alpha value is -6.10. The van der Waals surface area contributed by atoms with Gasteiger partial charge in [0.25, 0.3) is 11.8 Å². The highest BCUT2D eigenvalue weighted by molar-refractivity contribution is 6.36. The van der Waals surface area contributed by atoms with Crippen LogP contribution in [-0.2, 0) is 24.6 Å². The Morgan fingerprint density at radius 2 is 1.52 bits per heavy atom. The lowest BCUT2D eigenvalue weighted by molar-refractivity contribution is -0.138. The summed E-state index contributed by atoms with van der Waals surface area (Å²) in [5, 5.41) is 15.7. The molecule has 10 nitrogen and oxygen atoms in total. The average molecular weight is 814 g/mol. The van der Waals surface area contributed by atoms with Crippen LogP contribution in [0.1, 0.15) is 35.4 Å². The number of nitrogens with zero attached hydrogens (tertiary/aromatic N) is 2. The Bertz CT molecular complexity index is 2530. The number of carbonyl (C=O) groups is 4. The summed E-state index contributed by atoms with van der Waals surface area (Å²) in [7, 11) is 1.55. The minimum atomic E-state index is -1.51. The Balaban J connectivity index is 1.16. The van der Waals surface area contributed by atoms with Gasteiger partial charge in [0.05, 0.1) is 46.7 Å². The third kappa shape index (κ3) is 5.84. The van der Waals surface area contributed by atoms with E-state index >= 15 is 9.59 Å². The molecular formula is C46H38Cl2N4O6. The van der Waals surface area contributed by atoms with Crippen molar-refractivity contribution in [1.82, 2.24) is 5.01 Å². The number of benzene rings is 5. The smallest absolute Gasteiger partial charge is 0.260 e. The molecule has 292 valence electrons. The van der Waals surface area contributed by atoms with Gasteiger partial charge in [-0.05, 0) is 115 Å². The second-order valence-corrected chi connectivity index (χ2v) is 16.2. The average Bonchev–Trinajstić information content (AvgIpc) is 3.61. The number of para-hydroxylation sites is 1. The third-order valence-corrected chi connectivity index (χ3v) is 12.9. The van der Waals surface area contributed by atoms with Gasteiger partial charge in [-0.3, -0.25) is 29.5 Å². The molecule has 4 aliphatic rings. The summed E-state index contributed by atoms with van der Waals surface area (Å²) in [5.74, 6) is -4.74. The number of phenolic OH excluding ortho intramolecular Hbond substituents is 1. The van der Waals surface area contributed by atoms with Gasteiger partial charge < -0.3 is 15.2 Å². The molecule has 2 heterocycles. The summed E-state index contributed by atoms with van der Waals surface area (Å²) in [5.41, 5.74) is 6.63. The first-order chi connectivity index (χ1) is 28.0. The standard InChI is InChI=1S/C46H38Cl2N4O6/c1-25-22-26(8-21-39(25)53)41-33-18-19-34-40(44(56)51(42(34)54)31-14-12-30(13-15-31)49-29-6-4-3-5-7-29)35(33)24-36-43(55)52(50-38-20-11-28(47)23-37(38)48)45(57)46(36,41)27-9-16-32(58-2)17-10-27/h3-18,20-23,34-36,40-41,49-50,53H,19,24H2,1-2H3/t34-,35+,36-,40-,41-,46+/m0/s1. The Morgan fingerprint density at radius 1 is 0.793 bits per heavy atom. The van der Waals surface area contributed by atoms with Gasteiger partial charge in [-0.15, -0.1) is 0 Å². The number of hydrogen-bond acceptors (Lipinski definition) is 8. The van der Waals surface area contributed by atoms with Crippen molar-refractivity contribution in [2.75, 3.05) is 22.8 Å². The predicted octanol–water partition coefficient (Wildman–Crippen LogP) is 8.95. The van der Waals surface area contributed by atoms with Crippen molar-refractivity contribution in [2.45, 2.75) is 31.1 Å². The van der Waals surface area contributed by atoms with E-state index in [-0.39, 0.29) is 35.4 Å². The number of hydrogen-bond donors (Lipinski definition) is 3. The number of fused-ring (bicyclic) bond motifs is 4. The van der Waals surface area contributed by atoms with Crippen LogP contribution in [0.15, 0.2) is 127 Å². The maximum absolute atomic E-state index is 15.5. The number of imide groups is 2. The molecule has 2 saturated heterocycles. The van der Waals surface area contributed by atoms with Gasteiger partial charge in [0.2, 0.25) is 11.8 Å². The van der Waals surface area contributed by atoms with E-state index in [0.717, 1.165) is 22.0 Å². The van der Waals surface area contributed by atoms with Crippen LogP contribution >= 0.6 is 23.2 Å². The van der Waals surface area contributed by atoms with Gasteiger partial charge in [0.1, 0.15) is 11.5 Å². The normalized spacial score (nSPS) is 24.9. The second-order valence-electron chi connectivity index (χ2n) is 15.3. The number of carbonyl (C=O) groups excluding carboxylic acids is 4. The molecule has 3 N–H and O–H groups in total. The largest absolute Gasteiger partial charge is 0.508 e. The fourth-order valence-electron chi connectivity index (χ4n) is 9.71. The SMILES string of the molecule is COc1ccc([C@@]23C(=O)N(Nc4ccc(Cl)cc4Cl)C(=O)[C@@H]2C[C@@H]2C(=CC[C@@H]4C(=O)N(c5ccc(Nc6ccccc6)cc5)C(=O)[C@@H]42)[C@@H]3c2ccc(O)c(C)c2)cc1. The number of rotatable bonds is 8. The molecule has 0 unspecified atom stereocenters. The number of allylic oxidation sites excluding steroid dienone is 2. The first-order valence-electron chi connectivity index (χ1n) is 19.0. The van der Waals surface area contributed by atoms with Crippen molar-refractivity contribution >= 4 is 69.6 Å². The van der Waals surface area contributed by atoms with Crippen LogP contribution in [-0.4, -0.2) is 40.9 Å². The molecule has 6 atom stereocenters. The first kappa shape index (κ1) is 37.5. The van der Waals surface area contributed by atoms with Crippen LogP contribution in [0.2, 0.25) is 10.0 Å². The number of amides is 4. The van der Waals surface area contributed by atoms with Gasteiger partial charge in [-0.1, -0.05) is 77.3 Å². The molecule has 5 aromatic rings. The number of ether oxygens (including phenoxy) is 1. The monoisotopic (exact) mass is 812 g/mol. The zero-order valence-corrected chi connectivity index (χ0v) is 33.0. The minimum Gasteiger partial charge on any atom is -0.508 e. The van der Waals surface area contributed by atoms with Crippen LogP contribution in [0, 0.1) is 30.6 Å². The van der Waals surface area contributed by atoms with Crippen LogP contribution in [0.5, 0.6) is 11.5 Å². The molecule has 0 spiro atoms. The molecule has 2 aliphatic heterocycles. The molecule has 0 radical (unpaired) electrons. The highest BCUT2D eigenvalue weighted by Crippen LogP contribution is 2.64. The fraction of sp³-hybridized carbons (Fsp3) is 0.217. The van der Waals surface area contributed by atoms with Crippen molar-refractivity contribution < 1.29 is 29.0 Å². The quantitative estimate of drug-likeness (QED) is 0.105.